The van der Waals surface area contributed by atoms with Crippen LogP contribution in [0.3, 0.4) is 0 Å². The van der Waals surface area contributed by atoms with Crippen LogP contribution in [0.15, 0.2) is 42.5 Å². The number of amides is 2. The molecule has 0 aliphatic carbocycles. The molecule has 138 valence electrons. The van der Waals surface area contributed by atoms with E-state index in [2.05, 4.69) is 5.32 Å². The monoisotopic (exact) mass is 356 g/mol. The van der Waals surface area contributed by atoms with Gasteiger partial charge in [-0.2, -0.15) is 0 Å². The Hall–Kier alpha value is -3.02. The highest BCUT2D eigenvalue weighted by Crippen LogP contribution is 2.31. The topological polar surface area (TPSA) is 67.9 Å². The molecule has 0 saturated heterocycles. The van der Waals surface area contributed by atoms with Crippen LogP contribution >= 0.6 is 0 Å². The van der Waals surface area contributed by atoms with Gasteiger partial charge in [-0.3, -0.25) is 9.59 Å². The Bertz CT molecular complexity index is 789. The van der Waals surface area contributed by atoms with Gasteiger partial charge < -0.3 is 19.7 Å². The van der Waals surface area contributed by atoms with Crippen molar-refractivity contribution >= 4 is 17.5 Å². The predicted molar refractivity (Wildman–Crippen MR) is 101 cm³/mol. The summed E-state index contributed by atoms with van der Waals surface area (Å²) in [4.78, 5) is 25.7. The van der Waals surface area contributed by atoms with Crippen LogP contribution in [-0.4, -0.2) is 32.6 Å². The van der Waals surface area contributed by atoms with Crippen molar-refractivity contribution in [2.75, 3.05) is 25.7 Å². The number of nitrogens with one attached hydrogen (secondary N) is 1. The number of methoxy groups -OCH3 is 2. The fourth-order valence-electron chi connectivity index (χ4n) is 2.60. The number of aryl methyl sites for hydroxylation is 1. The molecule has 2 aromatic carbocycles. The SMILES string of the molecule is COc1ccc(N(CC(=O)NCc2cccc(C)c2)C(C)=O)cc1OC. The van der Waals surface area contributed by atoms with Crippen LogP contribution in [0.5, 0.6) is 11.5 Å². The van der Waals surface area contributed by atoms with Gasteiger partial charge in [-0.1, -0.05) is 29.8 Å². The van der Waals surface area contributed by atoms with Crippen LogP contribution in [0.1, 0.15) is 18.1 Å². The van der Waals surface area contributed by atoms with Crippen molar-refractivity contribution in [3.05, 3.63) is 53.6 Å². The number of benzene rings is 2. The number of rotatable bonds is 7. The summed E-state index contributed by atoms with van der Waals surface area (Å²) < 4.78 is 10.5. The van der Waals surface area contributed by atoms with Gasteiger partial charge in [0, 0.05) is 25.2 Å². The minimum absolute atomic E-state index is 0.0728. The molecule has 2 aromatic rings. The Labute approximate surface area is 153 Å². The number of hydrogen-bond acceptors (Lipinski definition) is 4. The summed E-state index contributed by atoms with van der Waals surface area (Å²) in [6, 6.07) is 13.0. The summed E-state index contributed by atoms with van der Waals surface area (Å²) in [5.74, 6) is 0.583. The van der Waals surface area contributed by atoms with Gasteiger partial charge in [-0.25, -0.2) is 0 Å². The molecule has 0 heterocycles. The zero-order valence-electron chi connectivity index (χ0n) is 15.5. The lowest BCUT2D eigenvalue weighted by atomic mass is 10.1. The highest BCUT2D eigenvalue weighted by Gasteiger charge is 2.17. The average Bonchev–Trinajstić information content (AvgIpc) is 2.63. The Morgan fingerprint density at radius 2 is 1.77 bits per heavy atom. The van der Waals surface area contributed by atoms with E-state index in [4.69, 9.17) is 9.47 Å². The van der Waals surface area contributed by atoms with Gasteiger partial charge in [-0.15, -0.1) is 0 Å². The van der Waals surface area contributed by atoms with E-state index >= 15 is 0 Å². The second-order valence-electron chi connectivity index (χ2n) is 5.91. The Morgan fingerprint density at radius 3 is 2.38 bits per heavy atom. The molecule has 6 heteroatoms. The van der Waals surface area contributed by atoms with Gasteiger partial charge in [0.05, 0.1) is 14.2 Å². The summed E-state index contributed by atoms with van der Waals surface area (Å²) in [7, 11) is 3.06. The van der Waals surface area contributed by atoms with Crippen LogP contribution in [0.25, 0.3) is 0 Å². The average molecular weight is 356 g/mol. The molecular weight excluding hydrogens is 332 g/mol. The number of ether oxygens (including phenoxy) is 2. The molecule has 0 atom stereocenters. The van der Waals surface area contributed by atoms with E-state index < -0.39 is 0 Å². The first-order valence-electron chi connectivity index (χ1n) is 8.27. The molecule has 0 unspecified atom stereocenters. The Morgan fingerprint density at radius 1 is 1.04 bits per heavy atom. The third-order valence-electron chi connectivity index (χ3n) is 3.93. The van der Waals surface area contributed by atoms with Gasteiger partial charge in [0.1, 0.15) is 6.54 Å². The maximum absolute atomic E-state index is 12.3. The fourth-order valence-corrected chi connectivity index (χ4v) is 2.60. The summed E-state index contributed by atoms with van der Waals surface area (Å²) >= 11 is 0. The largest absolute Gasteiger partial charge is 0.493 e. The molecule has 0 radical (unpaired) electrons. The molecule has 0 fully saturated rings. The third kappa shape index (κ3) is 4.99. The van der Waals surface area contributed by atoms with Crippen molar-refractivity contribution in [1.29, 1.82) is 0 Å². The first-order chi connectivity index (χ1) is 12.4. The number of hydrogen-bond donors (Lipinski definition) is 1. The molecule has 2 rings (SSSR count). The number of carbonyl (C=O) groups excluding carboxylic acids is 2. The van der Waals surface area contributed by atoms with Crippen molar-refractivity contribution in [1.82, 2.24) is 5.32 Å². The van der Waals surface area contributed by atoms with E-state index in [1.807, 2.05) is 31.2 Å². The lowest BCUT2D eigenvalue weighted by molar-refractivity contribution is -0.123. The van der Waals surface area contributed by atoms with Crippen LogP contribution in [0, 0.1) is 6.92 Å². The van der Waals surface area contributed by atoms with Crippen molar-refractivity contribution in [2.24, 2.45) is 0 Å². The minimum Gasteiger partial charge on any atom is -0.493 e. The summed E-state index contributed by atoms with van der Waals surface area (Å²) in [6.07, 6.45) is 0. The number of nitrogens with zero attached hydrogens (tertiary/aromatic N) is 1. The second-order valence-corrected chi connectivity index (χ2v) is 5.91. The molecule has 0 bridgehead atoms. The zero-order valence-corrected chi connectivity index (χ0v) is 15.5. The van der Waals surface area contributed by atoms with Gasteiger partial charge in [0.15, 0.2) is 11.5 Å². The van der Waals surface area contributed by atoms with Crippen molar-refractivity contribution in [3.63, 3.8) is 0 Å². The van der Waals surface area contributed by atoms with Crippen LogP contribution in [0.2, 0.25) is 0 Å². The maximum Gasteiger partial charge on any atom is 0.240 e. The maximum atomic E-state index is 12.3. The van der Waals surface area contributed by atoms with Gasteiger partial charge >= 0.3 is 0 Å². The second kappa shape index (κ2) is 8.89. The van der Waals surface area contributed by atoms with Crippen molar-refractivity contribution in [2.45, 2.75) is 20.4 Å². The van der Waals surface area contributed by atoms with Gasteiger partial charge in [0.25, 0.3) is 0 Å². The summed E-state index contributed by atoms with van der Waals surface area (Å²) in [5.41, 5.74) is 2.71. The summed E-state index contributed by atoms with van der Waals surface area (Å²) in [5, 5.41) is 2.84. The van der Waals surface area contributed by atoms with E-state index in [9.17, 15) is 9.59 Å². The molecule has 2 amide bonds. The molecule has 0 saturated carbocycles. The first kappa shape index (κ1) is 19.3. The van der Waals surface area contributed by atoms with Crippen molar-refractivity contribution < 1.29 is 19.1 Å². The van der Waals surface area contributed by atoms with E-state index in [1.165, 1.54) is 18.9 Å². The fraction of sp³-hybridized carbons (Fsp3) is 0.300. The Kier molecular flexibility index (Phi) is 6.60. The number of anilines is 1. The zero-order chi connectivity index (χ0) is 19.1. The third-order valence-corrected chi connectivity index (χ3v) is 3.93. The normalized spacial score (nSPS) is 10.2. The number of carbonyl (C=O) groups is 2. The van der Waals surface area contributed by atoms with E-state index in [-0.39, 0.29) is 18.4 Å². The smallest absolute Gasteiger partial charge is 0.240 e. The highest BCUT2D eigenvalue weighted by molar-refractivity contribution is 5.97. The van der Waals surface area contributed by atoms with Gasteiger partial charge in [-0.05, 0) is 24.6 Å². The van der Waals surface area contributed by atoms with Crippen molar-refractivity contribution in [3.8, 4) is 11.5 Å². The molecule has 0 aliphatic heterocycles. The molecular formula is C20H24N2O4. The van der Waals surface area contributed by atoms with E-state index in [0.29, 0.717) is 23.7 Å². The van der Waals surface area contributed by atoms with Crippen LogP contribution in [-0.2, 0) is 16.1 Å². The van der Waals surface area contributed by atoms with Crippen LogP contribution < -0.4 is 19.7 Å². The molecule has 26 heavy (non-hydrogen) atoms. The molecule has 1 N–H and O–H groups in total. The standard InChI is InChI=1S/C20H24N2O4/c1-14-6-5-7-16(10-14)12-21-20(24)13-22(15(2)23)17-8-9-18(25-3)19(11-17)26-4/h5-11H,12-13H2,1-4H3,(H,21,24). The molecule has 6 nitrogen and oxygen atoms in total. The molecule has 0 aromatic heterocycles. The lowest BCUT2D eigenvalue weighted by Crippen LogP contribution is -2.39. The van der Waals surface area contributed by atoms with Crippen LogP contribution in [0.4, 0.5) is 5.69 Å². The quantitative estimate of drug-likeness (QED) is 0.828. The lowest BCUT2D eigenvalue weighted by Gasteiger charge is -2.22. The van der Waals surface area contributed by atoms with E-state index in [0.717, 1.165) is 11.1 Å². The predicted octanol–water partition coefficient (Wildman–Crippen LogP) is 2.68. The molecule has 0 aliphatic rings. The minimum atomic E-state index is -0.239. The van der Waals surface area contributed by atoms with Gasteiger partial charge in [0.2, 0.25) is 11.8 Å². The Balaban J connectivity index is 2.08. The van der Waals surface area contributed by atoms with E-state index in [1.54, 1.807) is 25.3 Å². The first-order valence-corrected chi connectivity index (χ1v) is 8.27. The highest BCUT2D eigenvalue weighted by atomic mass is 16.5. The summed E-state index contributed by atoms with van der Waals surface area (Å²) in [6.45, 7) is 3.76. The molecule has 0 spiro atoms.